The summed E-state index contributed by atoms with van der Waals surface area (Å²) in [4.78, 5) is 4.65. The van der Waals surface area contributed by atoms with E-state index in [2.05, 4.69) is 9.55 Å². The van der Waals surface area contributed by atoms with Crippen molar-refractivity contribution in [2.24, 2.45) is 0 Å². The number of rotatable bonds is 3. The van der Waals surface area contributed by atoms with Crippen LogP contribution in [0.5, 0.6) is 0 Å². The van der Waals surface area contributed by atoms with Crippen molar-refractivity contribution in [1.82, 2.24) is 9.55 Å². The highest BCUT2D eigenvalue weighted by Gasteiger charge is 2.21. The van der Waals surface area contributed by atoms with Gasteiger partial charge in [0.2, 0.25) is 0 Å². The minimum atomic E-state index is -0.142. The molecule has 3 rings (SSSR count). The molecule has 0 spiro atoms. The van der Waals surface area contributed by atoms with Crippen LogP contribution in [0.1, 0.15) is 18.1 Å². The van der Waals surface area contributed by atoms with Gasteiger partial charge in [-0.25, -0.2) is 4.98 Å². The van der Waals surface area contributed by atoms with Gasteiger partial charge in [0.25, 0.3) is 0 Å². The third-order valence-corrected chi connectivity index (χ3v) is 7.19. The van der Waals surface area contributed by atoms with Crippen molar-refractivity contribution < 1.29 is 0 Å². The molecule has 2 heterocycles. The Bertz CT molecular complexity index is 651. The van der Waals surface area contributed by atoms with E-state index in [9.17, 15) is 0 Å². The number of hydrogen-bond donors (Lipinski definition) is 0. The van der Waals surface area contributed by atoms with Crippen LogP contribution in [-0.2, 0) is 6.54 Å². The van der Waals surface area contributed by atoms with E-state index in [-0.39, 0.29) is 5.38 Å². The van der Waals surface area contributed by atoms with Crippen molar-refractivity contribution in [2.75, 3.05) is 17.3 Å². The van der Waals surface area contributed by atoms with E-state index >= 15 is 0 Å². The summed E-state index contributed by atoms with van der Waals surface area (Å²) in [6.07, 6.45) is 0. The van der Waals surface area contributed by atoms with Gasteiger partial charge in [0.05, 0.1) is 26.5 Å². The number of hydrogen-bond acceptors (Lipinski definition) is 3. The van der Waals surface area contributed by atoms with Gasteiger partial charge in [-0.05, 0) is 19.1 Å². The molecule has 2 aromatic rings. The molecule has 2 nitrogen and oxygen atoms in total. The fourth-order valence-corrected chi connectivity index (χ4v) is 5.62. The first-order chi connectivity index (χ1) is 10.1. The molecule has 1 aliphatic rings. The Morgan fingerprint density at radius 3 is 2.76 bits per heavy atom. The summed E-state index contributed by atoms with van der Waals surface area (Å²) >= 11 is 22.6. The number of benzene rings is 1. The minimum Gasteiger partial charge on any atom is -0.326 e. The maximum Gasteiger partial charge on any atom is 0.127 e. The van der Waals surface area contributed by atoms with Gasteiger partial charge in [-0.1, -0.05) is 23.2 Å². The molecule has 0 radical (unpaired) electrons. The molecule has 1 aliphatic heterocycles. The summed E-state index contributed by atoms with van der Waals surface area (Å²) in [7, 11) is 0. The van der Waals surface area contributed by atoms with Gasteiger partial charge in [0.15, 0.2) is 0 Å². The standard InChI is InChI=1S/C14H15Cl3N2S2/c1-8(15)14-18-12-4-10(16)11(17)5-13(12)19(14)6-9-7-20-2-3-21-9/h4-5,8-9H,2-3,6-7H2,1H3. The SMILES string of the molecule is CC(Cl)c1nc2cc(Cl)c(Cl)cc2n1CC1CSCCS1. The zero-order chi connectivity index (χ0) is 15.0. The molecule has 1 saturated heterocycles. The highest BCUT2D eigenvalue weighted by Crippen LogP contribution is 2.33. The Morgan fingerprint density at radius 2 is 2.10 bits per heavy atom. The molecule has 0 saturated carbocycles. The number of aromatic nitrogens is 2. The van der Waals surface area contributed by atoms with Crippen molar-refractivity contribution in [2.45, 2.75) is 24.1 Å². The highest BCUT2D eigenvalue weighted by atomic mass is 35.5. The van der Waals surface area contributed by atoms with E-state index in [4.69, 9.17) is 34.8 Å². The van der Waals surface area contributed by atoms with Crippen LogP contribution in [0.2, 0.25) is 10.0 Å². The molecule has 2 unspecified atom stereocenters. The van der Waals surface area contributed by atoms with Crippen molar-refractivity contribution >= 4 is 69.4 Å². The van der Waals surface area contributed by atoms with Crippen LogP contribution >= 0.6 is 58.3 Å². The summed E-state index contributed by atoms with van der Waals surface area (Å²) < 4.78 is 2.21. The van der Waals surface area contributed by atoms with Gasteiger partial charge in [0, 0.05) is 29.1 Å². The van der Waals surface area contributed by atoms with E-state index < -0.39 is 0 Å². The van der Waals surface area contributed by atoms with Crippen LogP contribution in [-0.4, -0.2) is 32.1 Å². The summed E-state index contributed by atoms with van der Waals surface area (Å²) in [6, 6.07) is 3.72. The Morgan fingerprint density at radius 1 is 1.33 bits per heavy atom. The molecule has 21 heavy (non-hydrogen) atoms. The van der Waals surface area contributed by atoms with Gasteiger partial charge in [-0.2, -0.15) is 23.5 Å². The topological polar surface area (TPSA) is 17.8 Å². The van der Waals surface area contributed by atoms with E-state index in [0.29, 0.717) is 15.3 Å². The smallest absolute Gasteiger partial charge is 0.127 e. The highest BCUT2D eigenvalue weighted by molar-refractivity contribution is 8.06. The first kappa shape index (κ1) is 16.1. The van der Waals surface area contributed by atoms with Crippen LogP contribution in [0.15, 0.2) is 12.1 Å². The molecule has 0 aliphatic carbocycles. The number of alkyl halides is 1. The van der Waals surface area contributed by atoms with Gasteiger partial charge >= 0.3 is 0 Å². The van der Waals surface area contributed by atoms with Gasteiger partial charge in [0.1, 0.15) is 5.82 Å². The average Bonchev–Trinajstić information content (AvgIpc) is 2.79. The molecule has 1 fully saturated rings. The molecule has 7 heteroatoms. The lowest BCUT2D eigenvalue weighted by atomic mass is 10.3. The maximum absolute atomic E-state index is 6.32. The predicted molar refractivity (Wildman–Crippen MR) is 97.6 cm³/mol. The van der Waals surface area contributed by atoms with E-state index in [1.165, 1.54) is 17.3 Å². The van der Waals surface area contributed by atoms with Crippen LogP contribution in [0.25, 0.3) is 11.0 Å². The first-order valence-corrected chi connectivity index (χ1v) is 10.1. The van der Waals surface area contributed by atoms with Crippen LogP contribution in [0.3, 0.4) is 0 Å². The van der Waals surface area contributed by atoms with E-state index in [1.54, 1.807) is 0 Å². The van der Waals surface area contributed by atoms with Crippen molar-refractivity contribution in [3.63, 3.8) is 0 Å². The number of thioether (sulfide) groups is 2. The molecule has 0 N–H and O–H groups in total. The van der Waals surface area contributed by atoms with Gasteiger partial charge in [-0.15, -0.1) is 11.6 Å². The number of nitrogens with zero attached hydrogens (tertiary/aromatic N) is 2. The molecular weight excluding hydrogens is 367 g/mol. The van der Waals surface area contributed by atoms with E-state index in [1.807, 2.05) is 42.6 Å². The third kappa shape index (κ3) is 3.45. The van der Waals surface area contributed by atoms with Crippen LogP contribution < -0.4 is 0 Å². The molecule has 114 valence electrons. The van der Waals surface area contributed by atoms with Gasteiger partial charge in [-0.3, -0.25) is 0 Å². The Balaban J connectivity index is 2.04. The predicted octanol–water partition coefficient (Wildman–Crippen LogP) is 5.49. The van der Waals surface area contributed by atoms with E-state index in [0.717, 1.165) is 23.4 Å². The lowest BCUT2D eigenvalue weighted by Crippen LogP contribution is -2.21. The average molecular weight is 382 g/mol. The van der Waals surface area contributed by atoms with Crippen LogP contribution in [0.4, 0.5) is 0 Å². The third-order valence-electron chi connectivity index (χ3n) is 3.45. The first-order valence-electron chi connectivity index (χ1n) is 6.75. The second-order valence-corrected chi connectivity index (χ2v) is 9.05. The molecule has 1 aromatic carbocycles. The van der Waals surface area contributed by atoms with Crippen molar-refractivity contribution in [1.29, 1.82) is 0 Å². The van der Waals surface area contributed by atoms with Gasteiger partial charge < -0.3 is 4.57 Å². The largest absolute Gasteiger partial charge is 0.326 e. The fraction of sp³-hybridized carbons (Fsp3) is 0.500. The normalized spacial score (nSPS) is 20.9. The monoisotopic (exact) mass is 380 g/mol. The Hall–Kier alpha value is 0.260. The summed E-state index contributed by atoms with van der Waals surface area (Å²) in [5.74, 6) is 4.51. The van der Waals surface area contributed by atoms with Crippen molar-refractivity contribution in [3.05, 3.63) is 28.0 Å². The second kappa shape index (κ2) is 6.79. The molecule has 2 atom stereocenters. The quantitative estimate of drug-likeness (QED) is 0.654. The van der Waals surface area contributed by atoms with Crippen LogP contribution in [0, 0.1) is 0 Å². The zero-order valence-electron chi connectivity index (χ0n) is 11.5. The zero-order valence-corrected chi connectivity index (χ0v) is 15.4. The number of halogens is 3. The summed E-state index contributed by atoms with van der Waals surface area (Å²) in [6.45, 7) is 2.86. The lowest BCUT2D eigenvalue weighted by Gasteiger charge is -2.23. The molecule has 0 amide bonds. The molecule has 1 aromatic heterocycles. The minimum absolute atomic E-state index is 0.142. The summed E-state index contributed by atoms with van der Waals surface area (Å²) in [5.41, 5.74) is 1.88. The lowest BCUT2D eigenvalue weighted by molar-refractivity contribution is 0.667. The Labute approximate surface area is 147 Å². The number of imidazole rings is 1. The number of fused-ring (bicyclic) bond motifs is 1. The van der Waals surface area contributed by atoms with Crippen molar-refractivity contribution in [3.8, 4) is 0 Å². The maximum atomic E-state index is 6.32. The molecule has 0 bridgehead atoms. The second-order valence-electron chi connectivity index (χ2n) is 5.02. The summed E-state index contributed by atoms with van der Waals surface area (Å²) in [5, 5.41) is 1.54. The fourth-order valence-electron chi connectivity index (χ4n) is 2.48. The molecular formula is C14H15Cl3N2S2. The Kier molecular flexibility index (Phi) is 5.22.